The zero-order valence-electron chi connectivity index (χ0n) is 16.1. The van der Waals surface area contributed by atoms with Gasteiger partial charge in [-0.15, -0.1) is 0 Å². The van der Waals surface area contributed by atoms with Crippen LogP contribution in [-0.2, 0) is 10.2 Å². The van der Waals surface area contributed by atoms with Crippen molar-refractivity contribution >= 4 is 52.1 Å². The summed E-state index contributed by atoms with van der Waals surface area (Å²) in [5.74, 6) is 0.609. The van der Waals surface area contributed by atoms with Crippen LogP contribution >= 0.6 is 35.4 Å². The summed E-state index contributed by atoms with van der Waals surface area (Å²) in [5, 5.41) is 6.65. The number of carbonyl (C=O) groups is 1. The van der Waals surface area contributed by atoms with Crippen LogP contribution in [0.2, 0.25) is 10.0 Å². The summed E-state index contributed by atoms with van der Waals surface area (Å²) < 4.78 is 5.69. The van der Waals surface area contributed by atoms with Gasteiger partial charge in [0.15, 0.2) is 5.11 Å². The first-order valence-corrected chi connectivity index (χ1v) is 10.1. The van der Waals surface area contributed by atoms with Gasteiger partial charge >= 0.3 is 0 Å². The van der Waals surface area contributed by atoms with Crippen molar-refractivity contribution in [1.29, 1.82) is 0 Å². The maximum atomic E-state index is 12.0. The van der Waals surface area contributed by atoms with Crippen molar-refractivity contribution in [2.75, 3.05) is 11.9 Å². The Balaban J connectivity index is 1.70. The van der Waals surface area contributed by atoms with Crippen molar-refractivity contribution in [3.05, 3.63) is 58.1 Å². The van der Waals surface area contributed by atoms with Crippen molar-refractivity contribution in [2.45, 2.75) is 39.0 Å². The quantitative estimate of drug-likeness (QED) is 0.431. The first-order chi connectivity index (χ1) is 13.1. The maximum Gasteiger partial charge on any atom is 0.226 e. The van der Waals surface area contributed by atoms with E-state index in [1.807, 2.05) is 12.1 Å². The van der Waals surface area contributed by atoms with Crippen LogP contribution in [0.25, 0.3) is 0 Å². The van der Waals surface area contributed by atoms with Gasteiger partial charge in [-0.3, -0.25) is 4.79 Å². The van der Waals surface area contributed by atoms with E-state index < -0.39 is 0 Å². The lowest BCUT2D eigenvalue weighted by molar-refractivity contribution is -0.119. The van der Waals surface area contributed by atoms with Gasteiger partial charge < -0.3 is 15.4 Å². The lowest BCUT2D eigenvalue weighted by atomic mass is 9.87. The van der Waals surface area contributed by atoms with Crippen molar-refractivity contribution in [1.82, 2.24) is 5.32 Å². The predicted octanol–water partition coefficient (Wildman–Crippen LogP) is 5.96. The molecule has 0 saturated heterocycles. The summed E-state index contributed by atoms with van der Waals surface area (Å²) in [7, 11) is 0. The number of hydrogen-bond acceptors (Lipinski definition) is 3. The minimum atomic E-state index is -0.186. The molecule has 0 heterocycles. The number of amides is 1. The number of ether oxygens (including phenoxy) is 1. The molecule has 7 heteroatoms. The molecule has 2 aromatic rings. The minimum Gasteiger partial charge on any atom is -0.494 e. The van der Waals surface area contributed by atoms with Gasteiger partial charge in [0.05, 0.1) is 17.3 Å². The third-order valence-corrected chi connectivity index (χ3v) is 4.72. The number of rotatable bonds is 6. The molecule has 0 aromatic heterocycles. The van der Waals surface area contributed by atoms with Crippen molar-refractivity contribution in [3.8, 4) is 5.75 Å². The molecule has 0 radical (unpaired) electrons. The lowest BCUT2D eigenvalue weighted by Crippen LogP contribution is -2.34. The summed E-state index contributed by atoms with van der Waals surface area (Å²) in [6.07, 6.45) is 0.882. The van der Waals surface area contributed by atoms with E-state index >= 15 is 0 Å². The van der Waals surface area contributed by atoms with Gasteiger partial charge in [0, 0.05) is 11.4 Å². The molecule has 0 unspecified atom stereocenters. The molecule has 4 nitrogen and oxygen atoms in total. The van der Waals surface area contributed by atoms with E-state index in [2.05, 4.69) is 43.5 Å². The molecule has 1 amide bonds. The Bertz CT molecular complexity index is 833. The van der Waals surface area contributed by atoms with Crippen LogP contribution in [0.3, 0.4) is 0 Å². The first-order valence-electron chi connectivity index (χ1n) is 8.94. The van der Waals surface area contributed by atoms with Gasteiger partial charge in [-0.25, -0.2) is 0 Å². The predicted molar refractivity (Wildman–Crippen MR) is 121 cm³/mol. The Labute approximate surface area is 181 Å². The average molecular weight is 439 g/mol. The molecule has 0 spiro atoms. The van der Waals surface area contributed by atoms with E-state index in [4.69, 9.17) is 40.2 Å². The monoisotopic (exact) mass is 438 g/mol. The summed E-state index contributed by atoms with van der Waals surface area (Å²) in [6.45, 7) is 6.95. The van der Waals surface area contributed by atoms with Crippen LogP contribution in [0, 0.1) is 0 Å². The lowest BCUT2D eigenvalue weighted by Gasteiger charge is -2.19. The highest BCUT2D eigenvalue weighted by Crippen LogP contribution is 2.25. The van der Waals surface area contributed by atoms with Crippen LogP contribution in [-0.4, -0.2) is 17.6 Å². The van der Waals surface area contributed by atoms with Crippen LogP contribution in [0.15, 0.2) is 42.5 Å². The van der Waals surface area contributed by atoms with Gasteiger partial charge in [0.1, 0.15) is 5.75 Å². The molecule has 150 valence electrons. The second-order valence-electron chi connectivity index (χ2n) is 7.35. The molecule has 2 N–H and O–H groups in total. The van der Waals surface area contributed by atoms with E-state index in [0.717, 1.165) is 5.75 Å². The summed E-state index contributed by atoms with van der Waals surface area (Å²) in [6, 6.07) is 13.0. The van der Waals surface area contributed by atoms with Gasteiger partial charge in [-0.2, -0.15) is 0 Å². The number of halogens is 2. The van der Waals surface area contributed by atoms with Crippen molar-refractivity contribution in [2.24, 2.45) is 0 Å². The van der Waals surface area contributed by atoms with E-state index in [0.29, 0.717) is 35.2 Å². The van der Waals surface area contributed by atoms with Crippen LogP contribution in [0.4, 0.5) is 5.69 Å². The molecule has 28 heavy (non-hydrogen) atoms. The third kappa shape index (κ3) is 7.30. The van der Waals surface area contributed by atoms with Crippen LogP contribution in [0.1, 0.15) is 39.2 Å². The zero-order chi connectivity index (χ0) is 20.7. The Kier molecular flexibility index (Phi) is 8.10. The van der Waals surface area contributed by atoms with E-state index in [1.54, 1.807) is 18.2 Å². The number of benzene rings is 2. The van der Waals surface area contributed by atoms with Gasteiger partial charge in [0.25, 0.3) is 0 Å². The van der Waals surface area contributed by atoms with Gasteiger partial charge in [0.2, 0.25) is 5.91 Å². The normalized spacial score (nSPS) is 11.0. The largest absolute Gasteiger partial charge is 0.494 e. The highest BCUT2D eigenvalue weighted by atomic mass is 35.5. The highest BCUT2D eigenvalue weighted by Gasteiger charge is 2.13. The minimum absolute atomic E-state index is 0.110. The van der Waals surface area contributed by atoms with E-state index in [-0.39, 0.29) is 16.4 Å². The molecule has 0 aliphatic rings. The Morgan fingerprint density at radius 3 is 2.39 bits per heavy atom. The molecule has 0 saturated carbocycles. The fraction of sp³-hybridized carbons (Fsp3) is 0.333. The SMILES string of the molecule is CC(C)(C)c1ccc(OCCCC(=O)NC(=S)Nc2ccc(Cl)cc2Cl)cc1. The summed E-state index contributed by atoms with van der Waals surface area (Å²) in [5.41, 5.74) is 1.94. The topological polar surface area (TPSA) is 50.4 Å². The molecule has 0 atom stereocenters. The van der Waals surface area contributed by atoms with E-state index in [9.17, 15) is 4.79 Å². The number of nitrogens with one attached hydrogen (secondary N) is 2. The van der Waals surface area contributed by atoms with E-state index in [1.165, 1.54) is 5.56 Å². The number of thiocarbonyl (C=S) groups is 1. The molecule has 0 aliphatic carbocycles. The molecular formula is C21H24Cl2N2O2S. The Morgan fingerprint density at radius 2 is 1.79 bits per heavy atom. The average Bonchev–Trinajstić information content (AvgIpc) is 2.61. The number of anilines is 1. The number of carbonyl (C=O) groups excluding carboxylic acids is 1. The van der Waals surface area contributed by atoms with Crippen LogP contribution in [0.5, 0.6) is 5.75 Å². The standard InChI is InChI=1S/C21H24Cl2N2O2S/c1-21(2,3)14-6-9-16(10-7-14)27-12-4-5-19(26)25-20(28)24-18-11-8-15(22)13-17(18)23/h6-11,13H,4-5,12H2,1-3H3,(H2,24,25,26,28). The molecule has 0 bridgehead atoms. The highest BCUT2D eigenvalue weighted by molar-refractivity contribution is 7.80. The third-order valence-electron chi connectivity index (χ3n) is 3.97. The van der Waals surface area contributed by atoms with Crippen LogP contribution < -0.4 is 15.4 Å². The molecule has 0 fully saturated rings. The summed E-state index contributed by atoms with van der Waals surface area (Å²) in [4.78, 5) is 12.0. The van der Waals surface area contributed by atoms with Crippen molar-refractivity contribution < 1.29 is 9.53 Å². The maximum absolute atomic E-state index is 12.0. The smallest absolute Gasteiger partial charge is 0.226 e. The first kappa shape index (κ1) is 22.5. The molecule has 2 aromatic carbocycles. The molecular weight excluding hydrogens is 415 g/mol. The second kappa shape index (κ2) is 10.1. The fourth-order valence-electron chi connectivity index (χ4n) is 2.41. The Morgan fingerprint density at radius 1 is 1.11 bits per heavy atom. The van der Waals surface area contributed by atoms with Gasteiger partial charge in [-0.1, -0.05) is 56.1 Å². The number of hydrogen-bond donors (Lipinski definition) is 2. The molecule has 0 aliphatic heterocycles. The second-order valence-corrected chi connectivity index (χ2v) is 8.60. The van der Waals surface area contributed by atoms with Gasteiger partial charge in [-0.05, 0) is 59.9 Å². The fourth-order valence-corrected chi connectivity index (χ4v) is 3.09. The summed E-state index contributed by atoms with van der Waals surface area (Å²) >= 11 is 17.1. The van der Waals surface area contributed by atoms with Crippen molar-refractivity contribution in [3.63, 3.8) is 0 Å². The zero-order valence-corrected chi connectivity index (χ0v) is 18.5. The Hall–Kier alpha value is -1.82. The molecule has 2 rings (SSSR count).